The van der Waals surface area contributed by atoms with E-state index in [0.717, 1.165) is 25.9 Å². The average molecular weight is 301 g/mol. The van der Waals surface area contributed by atoms with Gasteiger partial charge in [-0.15, -0.1) is 0 Å². The molecule has 2 fully saturated rings. The van der Waals surface area contributed by atoms with E-state index in [-0.39, 0.29) is 11.5 Å². The van der Waals surface area contributed by atoms with Gasteiger partial charge in [0.15, 0.2) is 0 Å². The summed E-state index contributed by atoms with van der Waals surface area (Å²) in [6.07, 6.45) is 2.35. The summed E-state index contributed by atoms with van der Waals surface area (Å²) in [5.74, 6) is 0. The summed E-state index contributed by atoms with van der Waals surface area (Å²) in [6.45, 7) is 7.22. The van der Waals surface area contributed by atoms with Gasteiger partial charge in [-0.1, -0.05) is 24.3 Å². The second-order valence-corrected chi connectivity index (χ2v) is 7.69. The van der Waals surface area contributed by atoms with E-state index in [0.29, 0.717) is 12.2 Å². The Hall–Kier alpha value is -1.55. The van der Waals surface area contributed by atoms with Crippen LogP contribution < -0.4 is 0 Å². The quantitative estimate of drug-likeness (QED) is 0.690. The van der Waals surface area contributed by atoms with Crippen molar-refractivity contribution in [2.45, 2.75) is 56.8 Å². The molecule has 0 bridgehead atoms. The number of hydrogen-bond acceptors (Lipinski definition) is 3. The fraction of sp³-hybridized carbons (Fsp3) is 0.611. The minimum Gasteiger partial charge on any atom is -0.444 e. The van der Waals surface area contributed by atoms with Gasteiger partial charge in [0.1, 0.15) is 11.7 Å². The van der Waals surface area contributed by atoms with Crippen LogP contribution >= 0.6 is 0 Å². The van der Waals surface area contributed by atoms with Crippen molar-refractivity contribution in [2.24, 2.45) is 0 Å². The number of likely N-dealkylation sites (tertiary alicyclic amines) is 1. The van der Waals surface area contributed by atoms with Crippen LogP contribution in [0.5, 0.6) is 0 Å². The minimum absolute atomic E-state index is 0.111. The fourth-order valence-electron chi connectivity index (χ4n) is 4.09. The molecule has 0 aromatic heterocycles. The number of amides is 1. The Morgan fingerprint density at radius 2 is 1.95 bits per heavy atom. The first kappa shape index (κ1) is 14.1. The average Bonchev–Trinajstić information content (AvgIpc) is 3.22. The monoisotopic (exact) mass is 301 g/mol. The van der Waals surface area contributed by atoms with E-state index >= 15 is 0 Å². The minimum atomic E-state index is -0.434. The van der Waals surface area contributed by atoms with Crippen LogP contribution in [0.2, 0.25) is 0 Å². The summed E-state index contributed by atoms with van der Waals surface area (Å²) in [5.41, 5.74) is 2.48. The van der Waals surface area contributed by atoms with E-state index in [1.54, 1.807) is 0 Å². The van der Waals surface area contributed by atoms with Crippen molar-refractivity contribution in [3.63, 3.8) is 0 Å². The second kappa shape index (κ2) is 4.48. The standard InChI is InChI=1S/C18H23NO3/c1-17(2,3)22-16(20)19-10-8-18(9-11-19)13-7-5-4-6-12(13)14-15(18)21-14/h4-7,14-15H,8-11H2,1-3H3/t14-,15?/m0/s1. The van der Waals surface area contributed by atoms with Gasteiger partial charge >= 0.3 is 6.09 Å². The Labute approximate surface area is 131 Å². The zero-order valence-electron chi connectivity index (χ0n) is 13.5. The number of carbonyl (C=O) groups is 1. The molecule has 0 radical (unpaired) electrons. The van der Waals surface area contributed by atoms with Crippen LogP contribution in [0, 0.1) is 0 Å². The van der Waals surface area contributed by atoms with Crippen LogP contribution in [0.3, 0.4) is 0 Å². The largest absolute Gasteiger partial charge is 0.444 e. The number of epoxide rings is 1. The van der Waals surface area contributed by atoms with Crippen molar-refractivity contribution in [3.05, 3.63) is 35.4 Å². The predicted octanol–water partition coefficient (Wildman–Crippen LogP) is 3.41. The Morgan fingerprint density at radius 1 is 1.27 bits per heavy atom. The van der Waals surface area contributed by atoms with Gasteiger partial charge in [-0.2, -0.15) is 0 Å². The highest BCUT2D eigenvalue weighted by molar-refractivity contribution is 5.68. The highest BCUT2D eigenvalue weighted by Gasteiger charge is 2.63. The van der Waals surface area contributed by atoms with E-state index in [1.165, 1.54) is 11.1 Å². The SMILES string of the molecule is CC(C)(C)OC(=O)N1CCC2(CC1)c1ccccc1[C@@H]1OC12. The summed E-state index contributed by atoms with van der Waals surface area (Å²) in [4.78, 5) is 14.1. The van der Waals surface area contributed by atoms with Crippen LogP contribution in [-0.4, -0.2) is 35.8 Å². The molecule has 4 heteroatoms. The van der Waals surface area contributed by atoms with Gasteiger partial charge in [-0.25, -0.2) is 4.79 Å². The predicted molar refractivity (Wildman–Crippen MR) is 82.8 cm³/mol. The molecule has 2 heterocycles. The van der Waals surface area contributed by atoms with Crippen LogP contribution in [-0.2, 0) is 14.9 Å². The van der Waals surface area contributed by atoms with Crippen molar-refractivity contribution in [3.8, 4) is 0 Å². The molecule has 22 heavy (non-hydrogen) atoms. The van der Waals surface area contributed by atoms with Crippen molar-refractivity contribution in [1.82, 2.24) is 4.90 Å². The Kier molecular flexibility index (Phi) is 2.86. The topological polar surface area (TPSA) is 42.1 Å². The summed E-state index contributed by atoms with van der Waals surface area (Å²) >= 11 is 0. The lowest BCUT2D eigenvalue weighted by Crippen LogP contribution is -2.48. The molecule has 1 spiro atoms. The molecule has 4 nitrogen and oxygen atoms in total. The van der Waals surface area contributed by atoms with Crippen LogP contribution in [0.25, 0.3) is 0 Å². The molecular weight excluding hydrogens is 278 g/mol. The Bertz CT molecular complexity index is 611. The first-order valence-electron chi connectivity index (χ1n) is 8.13. The Balaban J connectivity index is 1.50. The van der Waals surface area contributed by atoms with Crippen molar-refractivity contribution in [2.75, 3.05) is 13.1 Å². The molecule has 1 amide bonds. The van der Waals surface area contributed by atoms with E-state index in [9.17, 15) is 4.79 Å². The molecule has 1 aromatic rings. The number of piperidine rings is 1. The second-order valence-electron chi connectivity index (χ2n) is 7.69. The van der Waals surface area contributed by atoms with Crippen LogP contribution in [0.1, 0.15) is 50.8 Å². The maximum atomic E-state index is 12.2. The molecule has 2 aliphatic heterocycles. The summed E-state index contributed by atoms with van der Waals surface area (Å²) < 4.78 is 11.4. The molecule has 4 rings (SSSR count). The smallest absolute Gasteiger partial charge is 0.410 e. The maximum absolute atomic E-state index is 12.2. The highest BCUT2D eigenvalue weighted by atomic mass is 16.6. The third kappa shape index (κ3) is 2.04. The fourth-order valence-corrected chi connectivity index (χ4v) is 4.09. The number of rotatable bonds is 0. The van der Waals surface area contributed by atoms with Crippen molar-refractivity contribution in [1.29, 1.82) is 0 Å². The van der Waals surface area contributed by atoms with Gasteiger partial charge < -0.3 is 14.4 Å². The third-order valence-corrected chi connectivity index (χ3v) is 5.15. The van der Waals surface area contributed by atoms with E-state index in [4.69, 9.17) is 9.47 Å². The van der Waals surface area contributed by atoms with Gasteiger partial charge in [-0.3, -0.25) is 0 Å². The molecule has 118 valence electrons. The number of hydrogen-bond donors (Lipinski definition) is 0. The summed E-state index contributed by atoms with van der Waals surface area (Å²) in [5, 5.41) is 0. The lowest BCUT2D eigenvalue weighted by molar-refractivity contribution is 0.0146. The molecule has 1 aliphatic carbocycles. The first-order chi connectivity index (χ1) is 10.4. The van der Waals surface area contributed by atoms with Gasteiger partial charge in [0.25, 0.3) is 0 Å². The van der Waals surface area contributed by atoms with Gasteiger partial charge in [0.05, 0.1) is 6.10 Å². The van der Waals surface area contributed by atoms with Crippen molar-refractivity contribution < 1.29 is 14.3 Å². The Morgan fingerprint density at radius 3 is 2.64 bits per heavy atom. The third-order valence-electron chi connectivity index (χ3n) is 5.15. The number of benzene rings is 1. The lowest BCUT2D eigenvalue weighted by Gasteiger charge is -2.40. The van der Waals surface area contributed by atoms with E-state index in [1.807, 2.05) is 25.7 Å². The first-order valence-corrected chi connectivity index (χ1v) is 8.13. The maximum Gasteiger partial charge on any atom is 0.410 e. The zero-order chi connectivity index (χ0) is 15.5. The van der Waals surface area contributed by atoms with E-state index in [2.05, 4.69) is 24.3 Å². The molecule has 1 aromatic carbocycles. The highest BCUT2D eigenvalue weighted by Crippen LogP contribution is 2.62. The summed E-state index contributed by atoms with van der Waals surface area (Å²) in [6, 6.07) is 8.64. The molecule has 1 unspecified atom stereocenters. The molecule has 0 saturated carbocycles. The normalized spacial score (nSPS) is 28.2. The van der Waals surface area contributed by atoms with Gasteiger partial charge in [0.2, 0.25) is 0 Å². The number of nitrogens with zero attached hydrogens (tertiary/aromatic N) is 1. The van der Waals surface area contributed by atoms with Gasteiger partial charge in [-0.05, 0) is 44.7 Å². The lowest BCUT2D eigenvalue weighted by atomic mass is 9.73. The molecule has 2 saturated heterocycles. The molecule has 0 N–H and O–H groups in total. The van der Waals surface area contributed by atoms with E-state index < -0.39 is 5.60 Å². The molecule has 2 atom stereocenters. The number of carbonyl (C=O) groups excluding carboxylic acids is 1. The molecular formula is C18H23NO3. The van der Waals surface area contributed by atoms with Crippen molar-refractivity contribution >= 4 is 6.09 Å². The zero-order valence-corrected chi connectivity index (χ0v) is 13.5. The van der Waals surface area contributed by atoms with Crippen LogP contribution in [0.4, 0.5) is 4.79 Å². The number of fused-ring (bicyclic) bond motifs is 5. The van der Waals surface area contributed by atoms with Gasteiger partial charge in [0, 0.05) is 18.5 Å². The summed E-state index contributed by atoms with van der Waals surface area (Å²) in [7, 11) is 0. The number of ether oxygens (including phenoxy) is 2. The molecule has 3 aliphatic rings. The van der Waals surface area contributed by atoms with Crippen LogP contribution in [0.15, 0.2) is 24.3 Å².